The van der Waals surface area contributed by atoms with E-state index in [1.54, 1.807) is 12.4 Å². The van der Waals surface area contributed by atoms with Gasteiger partial charge in [-0.05, 0) is 24.5 Å². The maximum Gasteiger partial charge on any atom is 0.219 e. The predicted molar refractivity (Wildman–Crippen MR) is 139 cm³/mol. The maximum absolute atomic E-state index is 10.0. The average molecular weight is 507 g/mol. The van der Waals surface area contributed by atoms with E-state index in [1.807, 2.05) is 18.0 Å². The van der Waals surface area contributed by atoms with Crippen LogP contribution in [-0.4, -0.2) is 75.5 Å². The minimum Gasteiger partial charge on any atom is -0.391 e. The highest BCUT2D eigenvalue weighted by atomic mass is 32.2. The number of rotatable bonds is 4. The highest BCUT2D eigenvalue weighted by Crippen LogP contribution is 2.56. The van der Waals surface area contributed by atoms with Crippen molar-refractivity contribution in [1.82, 2.24) is 24.9 Å². The Bertz CT molecular complexity index is 1220. The Kier molecular flexibility index (Phi) is 6.36. The first kappa shape index (κ1) is 23.4. The van der Waals surface area contributed by atoms with Gasteiger partial charge in [-0.3, -0.25) is 0 Å². The number of hydrogen-bond donors (Lipinski definition) is 2. The van der Waals surface area contributed by atoms with Gasteiger partial charge in [0.1, 0.15) is 11.6 Å². The van der Waals surface area contributed by atoms with Crippen LogP contribution in [0, 0.1) is 0 Å². The van der Waals surface area contributed by atoms with Gasteiger partial charge in [0.05, 0.1) is 35.5 Å². The SMILES string of the molecule is CC1c2nc(-c3cnc(N)nc3)nc(N3CCOCC3)c2SC1c1ccc(N2CCCC(O)C2)nc1. The van der Waals surface area contributed by atoms with Crippen molar-refractivity contribution in [3.05, 3.63) is 42.0 Å². The number of aliphatic hydroxyl groups excluding tert-OH is 1. The molecule has 2 saturated heterocycles. The molecule has 188 valence electrons. The standard InChI is InChI=1S/C25H30N8O2S/c1-15-20-22(36-21(15)16-4-5-19(27-11-16)33-6-2-3-18(34)14-33)24(32-7-9-35-10-8-32)31-23(30-20)17-12-28-25(26)29-13-17/h4-5,11-13,15,18,21,34H,2-3,6-10,14H2,1H3,(H2,26,28,29). The molecule has 36 heavy (non-hydrogen) atoms. The molecule has 10 nitrogen and oxygen atoms in total. The third kappa shape index (κ3) is 4.46. The molecule has 3 aliphatic heterocycles. The predicted octanol–water partition coefficient (Wildman–Crippen LogP) is 2.66. The minimum atomic E-state index is -0.280. The zero-order valence-electron chi connectivity index (χ0n) is 20.2. The minimum absolute atomic E-state index is 0.172. The van der Waals surface area contributed by atoms with Crippen LogP contribution < -0.4 is 15.5 Å². The first-order valence-electron chi connectivity index (χ1n) is 12.4. The van der Waals surface area contributed by atoms with Gasteiger partial charge >= 0.3 is 0 Å². The molecule has 0 aromatic carbocycles. The number of nitrogen functional groups attached to an aromatic ring is 1. The Morgan fingerprint density at radius 3 is 2.56 bits per heavy atom. The van der Waals surface area contributed by atoms with Gasteiger partial charge in [0.25, 0.3) is 0 Å². The largest absolute Gasteiger partial charge is 0.391 e. The Balaban J connectivity index is 1.33. The van der Waals surface area contributed by atoms with Gasteiger partial charge in [-0.15, -0.1) is 11.8 Å². The average Bonchev–Trinajstić information content (AvgIpc) is 3.25. The van der Waals surface area contributed by atoms with Crippen LogP contribution in [0.15, 0.2) is 35.6 Å². The molecule has 6 rings (SSSR count). The Hall–Kier alpha value is -3.02. The highest BCUT2D eigenvalue weighted by molar-refractivity contribution is 8.00. The third-order valence-corrected chi connectivity index (χ3v) is 8.63. The smallest absolute Gasteiger partial charge is 0.219 e. The van der Waals surface area contributed by atoms with E-state index in [-0.39, 0.29) is 23.2 Å². The molecule has 3 aromatic heterocycles. The van der Waals surface area contributed by atoms with E-state index >= 15 is 0 Å². The van der Waals surface area contributed by atoms with Crippen molar-refractivity contribution in [1.29, 1.82) is 0 Å². The number of fused-ring (bicyclic) bond motifs is 1. The lowest BCUT2D eigenvalue weighted by Gasteiger charge is -2.31. The summed E-state index contributed by atoms with van der Waals surface area (Å²) < 4.78 is 5.59. The fourth-order valence-corrected chi connectivity index (χ4v) is 6.59. The van der Waals surface area contributed by atoms with Crippen LogP contribution >= 0.6 is 11.8 Å². The topological polar surface area (TPSA) is 126 Å². The molecule has 3 atom stereocenters. The summed E-state index contributed by atoms with van der Waals surface area (Å²) >= 11 is 1.81. The normalized spacial score (nSPS) is 24.1. The molecular formula is C25H30N8O2S. The monoisotopic (exact) mass is 506 g/mol. The number of piperidine rings is 1. The summed E-state index contributed by atoms with van der Waals surface area (Å²) in [6, 6.07) is 4.25. The van der Waals surface area contributed by atoms with E-state index in [4.69, 9.17) is 25.4 Å². The summed E-state index contributed by atoms with van der Waals surface area (Å²) in [5, 5.41) is 10.2. The Morgan fingerprint density at radius 2 is 1.83 bits per heavy atom. The van der Waals surface area contributed by atoms with Crippen molar-refractivity contribution in [3.8, 4) is 11.4 Å². The highest BCUT2D eigenvalue weighted by Gasteiger charge is 2.37. The number of anilines is 3. The second-order valence-electron chi connectivity index (χ2n) is 9.53. The summed E-state index contributed by atoms with van der Waals surface area (Å²) in [6.07, 6.45) is 6.90. The van der Waals surface area contributed by atoms with Crippen LogP contribution in [-0.2, 0) is 4.74 Å². The molecule has 11 heteroatoms. The van der Waals surface area contributed by atoms with Crippen molar-refractivity contribution in [2.75, 3.05) is 54.9 Å². The van der Waals surface area contributed by atoms with Gasteiger partial charge in [0, 0.05) is 55.9 Å². The van der Waals surface area contributed by atoms with E-state index < -0.39 is 0 Å². The van der Waals surface area contributed by atoms with Crippen LogP contribution in [0.3, 0.4) is 0 Å². The molecule has 0 spiro atoms. The van der Waals surface area contributed by atoms with E-state index in [0.717, 1.165) is 65.8 Å². The van der Waals surface area contributed by atoms with Crippen LogP contribution in [0.1, 0.15) is 42.2 Å². The maximum atomic E-state index is 10.0. The number of nitrogens with zero attached hydrogens (tertiary/aromatic N) is 7. The zero-order chi connectivity index (χ0) is 24.6. The fraction of sp³-hybridized carbons (Fsp3) is 0.480. The number of hydrogen-bond acceptors (Lipinski definition) is 11. The van der Waals surface area contributed by atoms with Gasteiger partial charge in [0.15, 0.2) is 5.82 Å². The summed E-state index contributed by atoms with van der Waals surface area (Å²) in [6.45, 7) is 6.73. The van der Waals surface area contributed by atoms with Crippen LogP contribution in [0.5, 0.6) is 0 Å². The van der Waals surface area contributed by atoms with Crippen LogP contribution in [0.4, 0.5) is 17.6 Å². The summed E-state index contributed by atoms with van der Waals surface area (Å²) in [5.41, 5.74) is 8.65. The number of β-amino-alcohol motifs (C(OH)–C–C–N with tert-alkyl or cyclic N) is 1. The van der Waals surface area contributed by atoms with Crippen molar-refractivity contribution >= 4 is 29.3 Å². The van der Waals surface area contributed by atoms with Crippen molar-refractivity contribution < 1.29 is 9.84 Å². The first-order valence-corrected chi connectivity index (χ1v) is 13.3. The molecule has 3 aliphatic rings. The van der Waals surface area contributed by atoms with Crippen molar-refractivity contribution in [2.24, 2.45) is 0 Å². The summed E-state index contributed by atoms with van der Waals surface area (Å²) in [5.74, 6) is 2.88. The Labute approximate surface area is 214 Å². The molecule has 3 aromatic rings. The molecule has 6 heterocycles. The lowest BCUT2D eigenvalue weighted by atomic mass is 9.98. The molecule has 0 bridgehead atoms. The summed E-state index contributed by atoms with van der Waals surface area (Å²) in [7, 11) is 0. The second kappa shape index (κ2) is 9.79. The molecule has 0 amide bonds. The fourth-order valence-electron chi connectivity index (χ4n) is 5.09. The molecule has 0 aliphatic carbocycles. The third-order valence-electron chi connectivity index (χ3n) is 7.06. The number of thioether (sulfide) groups is 1. The lowest BCUT2D eigenvalue weighted by molar-refractivity contribution is 0.122. The van der Waals surface area contributed by atoms with Crippen LogP contribution in [0.25, 0.3) is 11.4 Å². The van der Waals surface area contributed by atoms with Gasteiger partial charge in [-0.25, -0.2) is 24.9 Å². The van der Waals surface area contributed by atoms with Gasteiger partial charge in [-0.1, -0.05) is 13.0 Å². The number of ether oxygens (including phenoxy) is 1. The number of aromatic nitrogens is 5. The first-order chi connectivity index (χ1) is 17.6. The number of pyridine rings is 1. The van der Waals surface area contributed by atoms with Crippen molar-refractivity contribution in [2.45, 2.75) is 41.9 Å². The lowest BCUT2D eigenvalue weighted by Crippen LogP contribution is -2.38. The quantitative estimate of drug-likeness (QED) is 0.542. The number of aliphatic hydroxyl groups is 1. The zero-order valence-corrected chi connectivity index (χ0v) is 21.1. The summed E-state index contributed by atoms with van der Waals surface area (Å²) in [4.78, 5) is 28.6. The molecule has 0 radical (unpaired) electrons. The number of nitrogens with two attached hydrogens (primary N) is 1. The molecule has 3 N–H and O–H groups in total. The van der Waals surface area contributed by atoms with Gasteiger partial charge in [-0.2, -0.15) is 0 Å². The second-order valence-corrected chi connectivity index (χ2v) is 10.7. The van der Waals surface area contributed by atoms with Crippen molar-refractivity contribution in [3.63, 3.8) is 0 Å². The van der Waals surface area contributed by atoms with E-state index in [0.29, 0.717) is 25.6 Å². The van der Waals surface area contributed by atoms with Crippen LogP contribution in [0.2, 0.25) is 0 Å². The van der Waals surface area contributed by atoms with Gasteiger partial charge < -0.3 is 25.4 Å². The Morgan fingerprint density at radius 1 is 1.03 bits per heavy atom. The van der Waals surface area contributed by atoms with E-state index in [9.17, 15) is 5.11 Å². The van der Waals surface area contributed by atoms with E-state index in [2.05, 4.69) is 38.8 Å². The molecule has 0 saturated carbocycles. The number of morpholine rings is 1. The van der Waals surface area contributed by atoms with E-state index in [1.165, 1.54) is 0 Å². The van der Waals surface area contributed by atoms with Gasteiger partial charge in [0.2, 0.25) is 5.95 Å². The molecule has 2 fully saturated rings. The molecule has 3 unspecified atom stereocenters. The molecular weight excluding hydrogens is 476 g/mol.